The average Bonchev–Trinajstić information content (AvgIpc) is 2.32. The van der Waals surface area contributed by atoms with Crippen LogP contribution in [0, 0.1) is 12.8 Å². The number of amides is 3. The normalized spacial score (nSPS) is 11.9. The van der Waals surface area contributed by atoms with Gasteiger partial charge in [0.1, 0.15) is 0 Å². The van der Waals surface area contributed by atoms with Gasteiger partial charge in [0.05, 0.1) is 0 Å². The molecule has 0 aliphatic rings. The van der Waals surface area contributed by atoms with Crippen LogP contribution in [0.25, 0.3) is 0 Å². The average molecular weight is 277 g/mol. The lowest BCUT2D eigenvalue weighted by molar-refractivity contribution is -0.114. The summed E-state index contributed by atoms with van der Waals surface area (Å²) in [7, 11) is 0. The van der Waals surface area contributed by atoms with E-state index in [1.165, 1.54) is 6.92 Å². The van der Waals surface area contributed by atoms with Gasteiger partial charge in [0.25, 0.3) is 0 Å². The van der Waals surface area contributed by atoms with Crippen LogP contribution in [0.5, 0.6) is 0 Å². The highest BCUT2D eigenvalue weighted by Crippen LogP contribution is 2.20. The van der Waals surface area contributed by atoms with Crippen LogP contribution in [0.4, 0.5) is 16.2 Å². The third-order valence-electron chi connectivity index (χ3n) is 3.16. The zero-order valence-corrected chi connectivity index (χ0v) is 12.7. The largest absolute Gasteiger partial charge is 0.335 e. The number of anilines is 2. The predicted molar refractivity (Wildman–Crippen MR) is 81.9 cm³/mol. The van der Waals surface area contributed by atoms with Gasteiger partial charge in [-0.3, -0.25) is 4.79 Å². The first-order chi connectivity index (χ1) is 9.29. The molecule has 0 aliphatic carbocycles. The topological polar surface area (TPSA) is 70.2 Å². The van der Waals surface area contributed by atoms with Gasteiger partial charge in [0.15, 0.2) is 0 Å². The van der Waals surface area contributed by atoms with E-state index in [4.69, 9.17) is 0 Å². The molecule has 110 valence electrons. The third kappa shape index (κ3) is 4.91. The Morgan fingerprint density at radius 1 is 1.10 bits per heavy atom. The fourth-order valence-electron chi connectivity index (χ4n) is 1.57. The van der Waals surface area contributed by atoms with Crippen molar-refractivity contribution in [3.8, 4) is 0 Å². The molecule has 0 bridgehead atoms. The Labute approximate surface area is 120 Å². The maximum absolute atomic E-state index is 11.9. The van der Waals surface area contributed by atoms with Gasteiger partial charge in [0, 0.05) is 24.3 Å². The molecule has 1 aromatic rings. The van der Waals surface area contributed by atoms with Crippen LogP contribution in [-0.4, -0.2) is 18.0 Å². The first kappa shape index (κ1) is 16.0. The molecule has 0 spiro atoms. The summed E-state index contributed by atoms with van der Waals surface area (Å²) in [6.07, 6.45) is 0. The summed E-state index contributed by atoms with van der Waals surface area (Å²) in [6, 6.07) is 5.25. The molecule has 0 saturated carbocycles. The molecule has 0 unspecified atom stereocenters. The van der Waals surface area contributed by atoms with Crippen molar-refractivity contribution in [1.29, 1.82) is 0 Å². The SMILES string of the molecule is CC(=O)Nc1ccc(C)c(NC(=O)N[C@@H](C)C(C)C)c1. The van der Waals surface area contributed by atoms with Crippen molar-refractivity contribution >= 4 is 23.3 Å². The summed E-state index contributed by atoms with van der Waals surface area (Å²) in [5, 5.41) is 8.38. The first-order valence-electron chi connectivity index (χ1n) is 6.75. The summed E-state index contributed by atoms with van der Waals surface area (Å²) >= 11 is 0. The molecule has 1 rings (SSSR count). The van der Waals surface area contributed by atoms with Crippen LogP contribution < -0.4 is 16.0 Å². The van der Waals surface area contributed by atoms with E-state index in [1.807, 2.05) is 33.8 Å². The molecule has 3 amide bonds. The van der Waals surface area contributed by atoms with E-state index in [1.54, 1.807) is 12.1 Å². The number of carbonyl (C=O) groups is 2. The van der Waals surface area contributed by atoms with Gasteiger partial charge in [0.2, 0.25) is 5.91 Å². The molecule has 0 saturated heterocycles. The lowest BCUT2D eigenvalue weighted by atomic mass is 10.1. The van der Waals surface area contributed by atoms with Crippen LogP contribution in [0.15, 0.2) is 18.2 Å². The lowest BCUT2D eigenvalue weighted by Gasteiger charge is -2.18. The van der Waals surface area contributed by atoms with Gasteiger partial charge in [-0.1, -0.05) is 19.9 Å². The summed E-state index contributed by atoms with van der Waals surface area (Å²) < 4.78 is 0. The van der Waals surface area contributed by atoms with Gasteiger partial charge in [-0.05, 0) is 37.5 Å². The Kier molecular flexibility index (Phi) is 5.55. The van der Waals surface area contributed by atoms with Crippen LogP contribution in [0.1, 0.15) is 33.3 Å². The molecular weight excluding hydrogens is 254 g/mol. The molecule has 0 aromatic heterocycles. The lowest BCUT2D eigenvalue weighted by Crippen LogP contribution is -2.39. The number of aryl methyl sites for hydroxylation is 1. The van der Waals surface area contributed by atoms with Crippen molar-refractivity contribution in [2.75, 3.05) is 10.6 Å². The molecule has 0 radical (unpaired) electrons. The van der Waals surface area contributed by atoms with Crippen LogP contribution >= 0.6 is 0 Å². The summed E-state index contributed by atoms with van der Waals surface area (Å²) in [5.41, 5.74) is 2.28. The van der Waals surface area contributed by atoms with E-state index in [9.17, 15) is 9.59 Å². The molecule has 1 atom stereocenters. The van der Waals surface area contributed by atoms with Crippen molar-refractivity contribution < 1.29 is 9.59 Å². The van der Waals surface area contributed by atoms with Crippen molar-refractivity contribution in [2.24, 2.45) is 5.92 Å². The van der Waals surface area contributed by atoms with Crippen molar-refractivity contribution in [1.82, 2.24) is 5.32 Å². The number of urea groups is 1. The Morgan fingerprint density at radius 3 is 2.30 bits per heavy atom. The summed E-state index contributed by atoms with van der Waals surface area (Å²) in [5.74, 6) is 0.227. The van der Waals surface area contributed by atoms with Gasteiger partial charge in [-0.25, -0.2) is 4.79 Å². The highest BCUT2D eigenvalue weighted by atomic mass is 16.2. The van der Waals surface area contributed by atoms with Crippen LogP contribution in [0.2, 0.25) is 0 Å². The standard InChI is InChI=1S/C15H23N3O2/c1-9(2)11(4)16-15(20)18-14-8-13(17-12(5)19)7-6-10(14)3/h6-9,11H,1-5H3,(H,17,19)(H2,16,18,20)/t11-/m0/s1. The molecule has 5 heteroatoms. The van der Waals surface area contributed by atoms with E-state index in [0.29, 0.717) is 17.3 Å². The molecule has 0 aliphatic heterocycles. The maximum atomic E-state index is 11.9. The smallest absolute Gasteiger partial charge is 0.319 e. The highest BCUT2D eigenvalue weighted by molar-refractivity contribution is 5.93. The van der Waals surface area contributed by atoms with Crippen molar-refractivity contribution in [3.63, 3.8) is 0 Å². The minimum atomic E-state index is -0.241. The highest BCUT2D eigenvalue weighted by Gasteiger charge is 2.11. The van der Waals surface area contributed by atoms with E-state index >= 15 is 0 Å². The number of nitrogens with one attached hydrogen (secondary N) is 3. The van der Waals surface area contributed by atoms with Crippen LogP contribution in [0.3, 0.4) is 0 Å². The molecule has 20 heavy (non-hydrogen) atoms. The Hall–Kier alpha value is -2.04. The second-order valence-corrected chi connectivity index (χ2v) is 5.34. The summed E-state index contributed by atoms with van der Waals surface area (Å²) in [4.78, 5) is 22.9. The second kappa shape index (κ2) is 6.93. The maximum Gasteiger partial charge on any atom is 0.319 e. The van der Waals surface area contributed by atoms with Gasteiger partial charge >= 0.3 is 6.03 Å². The quantitative estimate of drug-likeness (QED) is 0.791. The predicted octanol–water partition coefficient (Wildman–Crippen LogP) is 3.12. The molecule has 0 fully saturated rings. The van der Waals surface area contributed by atoms with E-state index in [2.05, 4.69) is 16.0 Å². The molecule has 3 N–H and O–H groups in total. The molecule has 5 nitrogen and oxygen atoms in total. The number of hydrogen-bond acceptors (Lipinski definition) is 2. The van der Waals surface area contributed by atoms with Gasteiger partial charge in [-0.2, -0.15) is 0 Å². The number of benzene rings is 1. The fourth-order valence-corrected chi connectivity index (χ4v) is 1.57. The first-order valence-corrected chi connectivity index (χ1v) is 6.75. The van der Waals surface area contributed by atoms with Crippen molar-refractivity contribution in [3.05, 3.63) is 23.8 Å². The number of carbonyl (C=O) groups excluding carboxylic acids is 2. The van der Waals surface area contributed by atoms with Gasteiger partial charge in [-0.15, -0.1) is 0 Å². The number of rotatable bonds is 4. The molecular formula is C15H23N3O2. The van der Waals surface area contributed by atoms with Crippen molar-refractivity contribution in [2.45, 2.75) is 40.7 Å². The second-order valence-electron chi connectivity index (χ2n) is 5.34. The Bertz CT molecular complexity index is 498. The zero-order chi connectivity index (χ0) is 15.3. The minimum absolute atomic E-state index is 0.0915. The van der Waals surface area contributed by atoms with Crippen LogP contribution in [-0.2, 0) is 4.79 Å². The van der Waals surface area contributed by atoms with E-state index in [-0.39, 0.29) is 18.0 Å². The monoisotopic (exact) mass is 277 g/mol. The minimum Gasteiger partial charge on any atom is -0.335 e. The zero-order valence-electron chi connectivity index (χ0n) is 12.7. The summed E-state index contributed by atoms with van der Waals surface area (Å²) in [6.45, 7) is 9.41. The van der Waals surface area contributed by atoms with Gasteiger partial charge < -0.3 is 16.0 Å². The number of hydrogen-bond donors (Lipinski definition) is 3. The fraction of sp³-hybridized carbons (Fsp3) is 0.467. The molecule has 1 aromatic carbocycles. The van der Waals surface area contributed by atoms with E-state index < -0.39 is 0 Å². The third-order valence-corrected chi connectivity index (χ3v) is 3.16. The van der Waals surface area contributed by atoms with E-state index in [0.717, 1.165) is 5.56 Å². The Morgan fingerprint density at radius 2 is 1.75 bits per heavy atom. The molecule has 0 heterocycles. The Balaban J connectivity index is 2.75.